The number of hydrogen-bond acceptors (Lipinski definition) is 2. The molecule has 0 radical (unpaired) electrons. The first-order valence-corrected chi connectivity index (χ1v) is 5.19. The largest absolute Gasteiger partial charge is 0.368 e. The van der Waals surface area contributed by atoms with E-state index < -0.39 is 0 Å². The molecule has 0 aliphatic heterocycles. The molecule has 2 atom stereocenters. The fraction of sp³-hybridized carbons (Fsp3) is 0.364. The molecule has 0 saturated carbocycles. The predicted molar refractivity (Wildman–Crippen MR) is 61.7 cm³/mol. The van der Waals surface area contributed by atoms with Crippen molar-refractivity contribution in [2.45, 2.75) is 25.9 Å². The first-order chi connectivity index (χ1) is 7.00. The summed E-state index contributed by atoms with van der Waals surface area (Å²) in [5, 5.41) is 3.80. The lowest BCUT2D eigenvalue weighted by Gasteiger charge is -2.17. The normalized spacial score (nSPS) is 14.6. The second-order valence-electron chi connectivity index (χ2n) is 3.56. The molecular weight excluding hydrogens is 212 g/mol. The Hall–Kier alpha value is -1.06. The lowest BCUT2D eigenvalue weighted by atomic mass is 10.1. The fourth-order valence-electron chi connectivity index (χ4n) is 1.30. The third-order valence-electron chi connectivity index (χ3n) is 2.30. The van der Waals surface area contributed by atoms with E-state index in [0.29, 0.717) is 5.02 Å². The Bertz CT molecular complexity index is 337. The number of benzene rings is 1. The molecule has 1 aromatic carbocycles. The highest BCUT2D eigenvalue weighted by atomic mass is 35.5. The zero-order valence-corrected chi connectivity index (χ0v) is 9.58. The molecule has 1 amide bonds. The van der Waals surface area contributed by atoms with Gasteiger partial charge in [-0.3, -0.25) is 10.1 Å². The highest BCUT2D eigenvalue weighted by Gasteiger charge is 2.12. The number of halogens is 1. The van der Waals surface area contributed by atoms with Gasteiger partial charge in [-0.2, -0.15) is 0 Å². The van der Waals surface area contributed by atoms with E-state index in [1.54, 1.807) is 6.92 Å². The van der Waals surface area contributed by atoms with Crippen LogP contribution in [0.2, 0.25) is 5.02 Å². The van der Waals surface area contributed by atoms with Crippen molar-refractivity contribution in [1.29, 1.82) is 0 Å². The minimum atomic E-state index is -0.351. The molecule has 15 heavy (non-hydrogen) atoms. The van der Waals surface area contributed by atoms with E-state index in [1.165, 1.54) is 0 Å². The van der Waals surface area contributed by atoms with Crippen molar-refractivity contribution in [1.82, 2.24) is 5.32 Å². The first kappa shape index (κ1) is 12.0. The molecule has 0 aliphatic carbocycles. The van der Waals surface area contributed by atoms with Gasteiger partial charge in [0.1, 0.15) is 0 Å². The van der Waals surface area contributed by atoms with Gasteiger partial charge >= 0.3 is 0 Å². The lowest BCUT2D eigenvalue weighted by Crippen LogP contribution is -2.39. The quantitative estimate of drug-likeness (QED) is 0.824. The molecule has 4 heteroatoms. The maximum Gasteiger partial charge on any atom is 0.234 e. The molecule has 0 bridgehead atoms. The number of nitrogens with one attached hydrogen (secondary N) is 1. The Morgan fingerprint density at radius 1 is 1.33 bits per heavy atom. The molecule has 0 spiro atoms. The SMILES string of the molecule is CC(N[C@H](C)c1ccc(Cl)cc1)C(N)=O. The Morgan fingerprint density at radius 3 is 2.33 bits per heavy atom. The number of amides is 1. The van der Waals surface area contributed by atoms with Crippen LogP contribution < -0.4 is 11.1 Å². The summed E-state index contributed by atoms with van der Waals surface area (Å²) in [5.74, 6) is -0.351. The van der Waals surface area contributed by atoms with Gasteiger partial charge in [0.2, 0.25) is 5.91 Å². The Balaban J connectivity index is 2.64. The average Bonchev–Trinajstić information content (AvgIpc) is 2.18. The topological polar surface area (TPSA) is 55.1 Å². The van der Waals surface area contributed by atoms with Gasteiger partial charge in [-0.05, 0) is 31.5 Å². The van der Waals surface area contributed by atoms with Crippen LogP contribution in [0.1, 0.15) is 25.5 Å². The Labute approximate surface area is 94.6 Å². The van der Waals surface area contributed by atoms with Crippen LogP contribution in [0.4, 0.5) is 0 Å². The van der Waals surface area contributed by atoms with Crippen LogP contribution in [0.3, 0.4) is 0 Å². The summed E-state index contributed by atoms with van der Waals surface area (Å²) in [5.41, 5.74) is 6.24. The van der Waals surface area contributed by atoms with E-state index in [9.17, 15) is 4.79 Å². The fourth-order valence-corrected chi connectivity index (χ4v) is 1.43. The summed E-state index contributed by atoms with van der Waals surface area (Å²) in [6, 6.07) is 7.23. The third kappa shape index (κ3) is 3.53. The van der Waals surface area contributed by atoms with Crippen molar-refractivity contribution < 1.29 is 4.79 Å². The summed E-state index contributed by atoms with van der Waals surface area (Å²) in [6.45, 7) is 3.72. The van der Waals surface area contributed by atoms with Gasteiger partial charge in [-0.1, -0.05) is 23.7 Å². The molecule has 1 unspecified atom stereocenters. The molecule has 0 saturated heterocycles. The summed E-state index contributed by atoms with van der Waals surface area (Å²) < 4.78 is 0. The molecule has 1 aromatic rings. The molecular formula is C11H15ClN2O. The molecule has 1 rings (SSSR count). The van der Waals surface area contributed by atoms with Gasteiger partial charge in [0.25, 0.3) is 0 Å². The van der Waals surface area contributed by atoms with Gasteiger partial charge in [-0.25, -0.2) is 0 Å². The van der Waals surface area contributed by atoms with Gasteiger partial charge in [0, 0.05) is 11.1 Å². The highest BCUT2D eigenvalue weighted by Crippen LogP contribution is 2.16. The Kier molecular flexibility index (Phi) is 4.12. The van der Waals surface area contributed by atoms with Crippen LogP contribution in [0.25, 0.3) is 0 Å². The zero-order valence-electron chi connectivity index (χ0n) is 8.83. The molecule has 0 aromatic heterocycles. The van der Waals surface area contributed by atoms with Crippen molar-refractivity contribution >= 4 is 17.5 Å². The van der Waals surface area contributed by atoms with Crippen molar-refractivity contribution in [3.63, 3.8) is 0 Å². The van der Waals surface area contributed by atoms with Gasteiger partial charge < -0.3 is 5.73 Å². The maximum absolute atomic E-state index is 10.9. The number of nitrogens with two attached hydrogens (primary N) is 1. The van der Waals surface area contributed by atoms with Crippen LogP contribution in [0.5, 0.6) is 0 Å². The van der Waals surface area contributed by atoms with E-state index in [1.807, 2.05) is 31.2 Å². The molecule has 0 aliphatic rings. The van der Waals surface area contributed by atoms with E-state index in [2.05, 4.69) is 5.32 Å². The number of hydrogen-bond donors (Lipinski definition) is 2. The number of carbonyl (C=O) groups is 1. The van der Waals surface area contributed by atoms with E-state index in [4.69, 9.17) is 17.3 Å². The summed E-state index contributed by atoms with van der Waals surface area (Å²) >= 11 is 5.78. The van der Waals surface area contributed by atoms with Crippen molar-refractivity contribution in [2.24, 2.45) is 5.73 Å². The van der Waals surface area contributed by atoms with Gasteiger partial charge in [-0.15, -0.1) is 0 Å². The van der Waals surface area contributed by atoms with Crippen LogP contribution >= 0.6 is 11.6 Å². The van der Waals surface area contributed by atoms with Crippen LogP contribution in [0, 0.1) is 0 Å². The van der Waals surface area contributed by atoms with Crippen LogP contribution in [-0.2, 0) is 4.79 Å². The standard InChI is InChI=1S/C11H15ClN2O/c1-7(14-8(2)11(13)15)9-3-5-10(12)6-4-9/h3-8,14H,1-2H3,(H2,13,15)/t7-,8?/m1/s1. The Morgan fingerprint density at radius 2 is 1.87 bits per heavy atom. The van der Waals surface area contributed by atoms with E-state index >= 15 is 0 Å². The summed E-state index contributed by atoms with van der Waals surface area (Å²) in [7, 11) is 0. The lowest BCUT2D eigenvalue weighted by molar-refractivity contribution is -0.119. The molecule has 0 heterocycles. The minimum Gasteiger partial charge on any atom is -0.368 e. The average molecular weight is 227 g/mol. The molecule has 82 valence electrons. The van der Waals surface area contributed by atoms with Crippen molar-refractivity contribution in [3.05, 3.63) is 34.9 Å². The number of rotatable bonds is 4. The third-order valence-corrected chi connectivity index (χ3v) is 2.55. The smallest absolute Gasteiger partial charge is 0.234 e. The second-order valence-corrected chi connectivity index (χ2v) is 4.00. The van der Waals surface area contributed by atoms with Crippen molar-refractivity contribution in [3.8, 4) is 0 Å². The predicted octanol–water partition coefficient (Wildman–Crippen LogP) is 1.86. The monoisotopic (exact) mass is 226 g/mol. The van der Waals surface area contributed by atoms with Crippen molar-refractivity contribution in [2.75, 3.05) is 0 Å². The number of carbonyl (C=O) groups excluding carboxylic acids is 1. The minimum absolute atomic E-state index is 0.0739. The first-order valence-electron chi connectivity index (χ1n) is 4.81. The number of primary amides is 1. The maximum atomic E-state index is 10.9. The van der Waals surface area contributed by atoms with Gasteiger partial charge in [0.05, 0.1) is 6.04 Å². The van der Waals surface area contributed by atoms with E-state index in [-0.39, 0.29) is 18.0 Å². The molecule has 3 N–H and O–H groups in total. The second kappa shape index (κ2) is 5.14. The highest BCUT2D eigenvalue weighted by molar-refractivity contribution is 6.30. The zero-order chi connectivity index (χ0) is 11.4. The molecule has 0 fully saturated rings. The van der Waals surface area contributed by atoms with Gasteiger partial charge in [0.15, 0.2) is 0 Å². The van der Waals surface area contributed by atoms with E-state index in [0.717, 1.165) is 5.56 Å². The summed E-state index contributed by atoms with van der Waals surface area (Å²) in [6.07, 6.45) is 0. The summed E-state index contributed by atoms with van der Waals surface area (Å²) in [4.78, 5) is 10.9. The van der Waals surface area contributed by atoms with Crippen LogP contribution in [0.15, 0.2) is 24.3 Å². The van der Waals surface area contributed by atoms with Crippen LogP contribution in [-0.4, -0.2) is 11.9 Å². The molecule has 3 nitrogen and oxygen atoms in total.